The molecule has 5 heteroatoms. The molecule has 3 rings (SSSR count). The highest BCUT2D eigenvalue weighted by atomic mass is 16.7. The van der Waals surface area contributed by atoms with Crippen LogP contribution in [-0.2, 0) is 19.7 Å². The molecule has 1 aliphatic carbocycles. The second-order valence-electron chi connectivity index (χ2n) is 6.34. The van der Waals surface area contributed by atoms with Gasteiger partial charge in [-0.05, 0) is 18.9 Å². The van der Waals surface area contributed by atoms with Gasteiger partial charge in [0.05, 0.1) is 26.7 Å². The summed E-state index contributed by atoms with van der Waals surface area (Å²) in [7, 11) is 1.70. The third kappa shape index (κ3) is 3.67. The molecule has 1 N–H and O–H groups in total. The Kier molecular flexibility index (Phi) is 5.18. The van der Waals surface area contributed by atoms with Gasteiger partial charge in [0.2, 0.25) is 5.91 Å². The van der Waals surface area contributed by atoms with Gasteiger partial charge in [0.1, 0.15) is 5.75 Å². The molecule has 1 saturated carbocycles. The number of benzene rings is 1. The van der Waals surface area contributed by atoms with Crippen LogP contribution < -0.4 is 10.1 Å². The molecule has 2 fully saturated rings. The fraction of sp³-hybridized carbons (Fsp3) is 0.611. The molecule has 1 aromatic rings. The number of hydrogen-bond acceptors (Lipinski definition) is 4. The zero-order chi connectivity index (χ0) is 16.1. The minimum atomic E-state index is -0.388. The molecule has 23 heavy (non-hydrogen) atoms. The van der Waals surface area contributed by atoms with E-state index in [1.807, 2.05) is 18.2 Å². The Morgan fingerprint density at radius 1 is 1.26 bits per heavy atom. The van der Waals surface area contributed by atoms with Crippen LogP contribution in [0.15, 0.2) is 24.3 Å². The van der Waals surface area contributed by atoms with Gasteiger partial charge in [0.15, 0.2) is 6.29 Å². The number of methoxy groups -OCH3 is 1. The zero-order valence-corrected chi connectivity index (χ0v) is 13.7. The highest BCUT2D eigenvalue weighted by Gasteiger charge is 2.38. The fourth-order valence-corrected chi connectivity index (χ4v) is 3.69. The van der Waals surface area contributed by atoms with Gasteiger partial charge in [0.25, 0.3) is 0 Å². The van der Waals surface area contributed by atoms with Crippen molar-refractivity contribution < 1.29 is 19.0 Å². The minimum Gasteiger partial charge on any atom is -0.496 e. The van der Waals surface area contributed by atoms with Crippen molar-refractivity contribution in [3.8, 4) is 5.75 Å². The van der Waals surface area contributed by atoms with E-state index in [1.165, 1.54) is 18.4 Å². The van der Waals surface area contributed by atoms with Crippen molar-refractivity contribution >= 4 is 5.91 Å². The molecule has 0 spiro atoms. The molecule has 0 atom stereocenters. The van der Waals surface area contributed by atoms with E-state index in [9.17, 15) is 4.79 Å². The molecule has 2 aliphatic rings. The number of amides is 1. The highest BCUT2D eigenvalue weighted by molar-refractivity contribution is 5.76. The van der Waals surface area contributed by atoms with E-state index in [4.69, 9.17) is 14.2 Å². The molecule has 0 bridgehead atoms. The van der Waals surface area contributed by atoms with E-state index in [0.29, 0.717) is 19.8 Å². The molecule has 5 nitrogen and oxygen atoms in total. The summed E-state index contributed by atoms with van der Waals surface area (Å²) < 4.78 is 16.2. The second kappa shape index (κ2) is 7.32. The smallest absolute Gasteiger partial charge is 0.225 e. The maximum absolute atomic E-state index is 12.2. The molecule has 0 aromatic heterocycles. The first-order valence-corrected chi connectivity index (χ1v) is 8.37. The van der Waals surface area contributed by atoms with Gasteiger partial charge in [0, 0.05) is 17.5 Å². The number of hydrogen-bond donors (Lipinski definition) is 1. The van der Waals surface area contributed by atoms with Gasteiger partial charge in [-0.3, -0.25) is 4.79 Å². The number of carbonyl (C=O) groups excluding carboxylic acids is 1. The topological polar surface area (TPSA) is 56.8 Å². The quantitative estimate of drug-likeness (QED) is 0.875. The number of nitrogens with one attached hydrogen (secondary N) is 1. The van der Waals surface area contributed by atoms with Gasteiger partial charge in [-0.1, -0.05) is 31.0 Å². The lowest BCUT2D eigenvalue weighted by atomic mass is 9.78. The first kappa shape index (κ1) is 16.3. The first-order chi connectivity index (χ1) is 11.2. The molecule has 1 aromatic carbocycles. The normalized spacial score (nSPS) is 20.6. The first-order valence-electron chi connectivity index (χ1n) is 8.37. The van der Waals surface area contributed by atoms with E-state index >= 15 is 0 Å². The number of rotatable bonds is 6. The molecular formula is C18H25NO4. The van der Waals surface area contributed by atoms with Crippen LogP contribution >= 0.6 is 0 Å². The fourth-order valence-electron chi connectivity index (χ4n) is 3.69. The van der Waals surface area contributed by atoms with E-state index in [-0.39, 0.29) is 24.0 Å². The lowest BCUT2D eigenvalue weighted by Gasteiger charge is -2.31. The highest BCUT2D eigenvalue weighted by Crippen LogP contribution is 2.44. The standard InChI is InChI=1S/C18H25NO4/c1-21-15-7-3-2-6-14(15)18(8-4-5-9-18)13-19-16(20)12-17-22-10-11-23-17/h2-3,6-7,17H,4-5,8-13H2,1H3,(H,19,20). The van der Waals surface area contributed by atoms with Crippen molar-refractivity contribution in [2.75, 3.05) is 26.9 Å². The summed E-state index contributed by atoms with van der Waals surface area (Å²) in [5.41, 5.74) is 1.17. The molecule has 1 saturated heterocycles. The monoisotopic (exact) mass is 319 g/mol. The maximum atomic E-state index is 12.2. The lowest BCUT2D eigenvalue weighted by Crippen LogP contribution is -2.40. The molecule has 1 heterocycles. The van der Waals surface area contributed by atoms with Crippen LogP contribution in [0.2, 0.25) is 0 Å². The lowest BCUT2D eigenvalue weighted by molar-refractivity contribution is -0.129. The van der Waals surface area contributed by atoms with Crippen molar-refractivity contribution in [1.82, 2.24) is 5.32 Å². The summed E-state index contributed by atoms with van der Waals surface area (Å²) in [5, 5.41) is 3.09. The minimum absolute atomic E-state index is 0.0157. The summed E-state index contributed by atoms with van der Waals surface area (Å²) in [6, 6.07) is 8.15. The van der Waals surface area contributed by atoms with Crippen LogP contribution in [0.25, 0.3) is 0 Å². The van der Waals surface area contributed by atoms with Gasteiger partial charge >= 0.3 is 0 Å². The Bertz CT molecular complexity index is 534. The van der Waals surface area contributed by atoms with Gasteiger partial charge in [-0.15, -0.1) is 0 Å². The SMILES string of the molecule is COc1ccccc1C1(CNC(=O)CC2OCCO2)CCCC1. The Hall–Kier alpha value is -1.59. The van der Waals surface area contributed by atoms with Crippen molar-refractivity contribution in [1.29, 1.82) is 0 Å². The van der Waals surface area contributed by atoms with Crippen LogP contribution in [0, 0.1) is 0 Å². The van der Waals surface area contributed by atoms with Crippen LogP contribution in [0.3, 0.4) is 0 Å². The Labute approximate surface area is 137 Å². The summed E-state index contributed by atoms with van der Waals surface area (Å²) in [6.45, 7) is 1.78. The van der Waals surface area contributed by atoms with Crippen molar-refractivity contribution in [3.05, 3.63) is 29.8 Å². The largest absolute Gasteiger partial charge is 0.496 e. The van der Waals surface area contributed by atoms with Crippen LogP contribution in [0.5, 0.6) is 5.75 Å². The molecule has 1 aliphatic heterocycles. The number of carbonyl (C=O) groups is 1. The predicted molar refractivity (Wildman–Crippen MR) is 86.5 cm³/mol. The van der Waals surface area contributed by atoms with Crippen molar-refractivity contribution in [2.45, 2.75) is 43.8 Å². The van der Waals surface area contributed by atoms with E-state index in [0.717, 1.165) is 18.6 Å². The summed E-state index contributed by atoms with van der Waals surface area (Å²) in [6.07, 6.45) is 4.39. The zero-order valence-electron chi connectivity index (χ0n) is 13.7. The van der Waals surface area contributed by atoms with E-state index < -0.39 is 0 Å². The molecular weight excluding hydrogens is 294 g/mol. The molecule has 126 valence electrons. The Morgan fingerprint density at radius 3 is 2.65 bits per heavy atom. The average molecular weight is 319 g/mol. The Balaban J connectivity index is 1.67. The third-order valence-corrected chi connectivity index (χ3v) is 4.91. The second-order valence-corrected chi connectivity index (χ2v) is 6.34. The van der Waals surface area contributed by atoms with Crippen molar-refractivity contribution in [3.63, 3.8) is 0 Å². The Morgan fingerprint density at radius 2 is 1.96 bits per heavy atom. The average Bonchev–Trinajstić information content (AvgIpc) is 3.25. The van der Waals surface area contributed by atoms with E-state index in [2.05, 4.69) is 11.4 Å². The third-order valence-electron chi connectivity index (χ3n) is 4.91. The summed E-state index contributed by atoms with van der Waals surface area (Å²) >= 11 is 0. The van der Waals surface area contributed by atoms with Gasteiger partial charge in [-0.25, -0.2) is 0 Å². The van der Waals surface area contributed by atoms with Crippen LogP contribution in [0.4, 0.5) is 0 Å². The van der Waals surface area contributed by atoms with Gasteiger partial charge < -0.3 is 19.5 Å². The van der Waals surface area contributed by atoms with Crippen LogP contribution in [-0.4, -0.2) is 39.1 Å². The van der Waals surface area contributed by atoms with Crippen LogP contribution in [0.1, 0.15) is 37.7 Å². The predicted octanol–water partition coefficient (Wildman–Crippen LogP) is 2.39. The summed E-state index contributed by atoms with van der Waals surface area (Å²) in [5.74, 6) is 0.893. The molecule has 0 unspecified atom stereocenters. The van der Waals surface area contributed by atoms with Gasteiger partial charge in [-0.2, -0.15) is 0 Å². The summed E-state index contributed by atoms with van der Waals surface area (Å²) in [4.78, 5) is 12.2. The number of ether oxygens (including phenoxy) is 3. The number of para-hydroxylation sites is 1. The van der Waals surface area contributed by atoms with E-state index in [1.54, 1.807) is 7.11 Å². The van der Waals surface area contributed by atoms with Crippen molar-refractivity contribution in [2.24, 2.45) is 0 Å². The maximum Gasteiger partial charge on any atom is 0.225 e. The molecule has 1 amide bonds. The molecule has 0 radical (unpaired) electrons.